The summed E-state index contributed by atoms with van der Waals surface area (Å²) in [4.78, 5) is 17.0. The number of nitrogens with one attached hydrogen (secondary N) is 1. The van der Waals surface area contributed by atoms with E-state index in [0.717, 1.165) is 31.5 Å². The molecule has 3 rings (SSSR count). The van der Waals surface area contributed by atoms with Crippen molar-refractivity contribution < 1.29 is 19.1 Å². The van der Waals surface area contributed by atoms with E-state index in [2.05, 4.69) is 9.88 Å². The largest absolute Gasteiger partial charge is 0.467 e. The van der Waals surface area contributed by atoms with Crippen LogP contribution in [0.5, 0.6) is 0 Å². The third-order valence-electron chi connectivity index (χ3n) is 4.90. The normalized spacial score (nSPS) is 20.2. The molecule has 2 atom stereocenters. The molecule has 6 nitrogen and oxygen atoms in total. The number of nitrogens with zero attached hydrogens (tertiary/aromatic N) is 1. The monoisotopic (exact) mass is 346 g/mol. The highest BCUT2D eigenvalue weighted by molar-refractivity contribution is 5.87. The smallest absolute Gasteiger partial charge is 0.354 e. The molecular formula is C19H26N2O4. The average molecular weight is 346 g/mol. The Labute approximate surface area is 147 Å². The highest BCUT2D eigenvalue weighted by Gasteiger charge is 2.25. The quantitative estimate of drug-likeness (QED) is 0.785. The van der Waals surface area contributed by atoms with Crippen molar-refractivity contribution in [1.82, 2.24) is 9.88 Å². The molecule has 0 radical (unpaired) electrons. The van der Waals surface area contributed by atoms with Gasteiger partial charge in [0.1, 0.15) is 17.6 Å². The number of hydrogen-bond acceptors (Lipinski definition) is 5. The second kappa shape index (κ2) is 8.36. The molecule has 0 bridgehead atoms. The Morgan fingerprint density at radius 3 is 3.12 bits per heavy atom. The van der Waals surface area contributed by atoms with Crippen LogP contribution in [-0.2, 0) is 11.3 Å². The maximum atomic E-state index is 11.6. The van der Waals surface area contributed by atoms with E-state index in [0.29, 0.717) is 23.9 Å². The maximum Gasteiger partial charge on any atom is 0.354 e. The van der Waals surface area contributed by atoms with Crippen LogP contribution in [0.4, 0.5) is 0 Å². The third-order valence-corrected chi connectivity index (χ3v) is 4.90. The number of aliphatic hydroxyl groups excluding tert-OH is 1. The number of aliphatic hydroxyl groups is 1. The van der Waals surface area contributed by atoms with E-state index in [9.17, 15) is 9.90 Å². The van der Waals surface area contributed by atoms with Crippen LogP contribution in [0.3, 0.4) is 0 Å². The van der Waals surface area contributed by atoms with E-state index in [1.54, 1.807) is 12.3 Å². The van der Waals surface area contributed by atoms with Crippen molar-refractivity contribution in [2.45, 2.75) is 50.8 Å². The lowest BCUT2D eigenvalue weighted by molar-refractivity contribution is 0.0594. The second-order valence-electron chi connectivity index (χ2n) is 6.65. The van der Waals surface area contributed by atoms with Gasteiger partial charge in [0, 0.05) is 18.8 Å². The van der Waals surface area contributed by atoms with Crippen LogP contribution < -0.4 is 0 Å². The summed E-state index contributed by atoms with van der Waals surface area (Å²) in [7, 11) is 1.38. The minimum absolute atomic E-state index is 0.291. The zero-order valence-corrected chi connectivity index (χ0v) is 14.6. The van der Waals surface area contributed by atoms with E-state index in [1.807, 2.05) is 18.3 Å². The van der Waals surface area contributed by atoms with Crippen molar-refractivity contribution in [3.63, 3.8) is 0 Å². The number of aromatic amines is 1. The van der Waals surface area contributed by atoms with Crippen LogP contribution >= 0.6 is 0 Å². The van der Waals surface area contributed by atoms with Gasteiger partial charge in [0.15, 0.2) is 0 Å². The van der Waals surface area contributed by atoms with Gasteiger partial charge in [-0.15, -0.1) is 0 Å². The standard InChI is InChI=1S/C19H26N2O4/c1-24-19(23)16-10-14(12-20-16)13-21-8-4-2-3-6-15(21)11-17(22)18-7-5-9-25-18/h5,7,9-10,12,15,17,20,22H,2-4,6,8,11,13H2,1H3. The fraction of sp³-hybridized carbons (Fsp3) is 0.526. The van der Waals surface area contributed by atoms with E-state index >= 15 is 0 Å². The van der Waals surface area contributed by atoms with Gasteiger partial charge in [-0.1, -0.05) is 12.8 Å². The van der Waals surface area contributed by atoms with E-state index < -0.39 is 6.10 Å². The number of aromatic nitrogens is 1. The van der Waals surface area contributed by atoms with E-state index in [1.165, 1.54) is 20.0 Å². The Balaban J connectivity index is 1.67. The molecule has 0 amide bonds. The van der Waals surface area contributed by atoms with E-state index in [4.69, 9.17) is 9.15 Å². The molecule has 2 aromatic heterocycles. The van der Waals surface area contributed by atoms with Crippen molar-refractivity contribution in [3.8, 4) is 0 Å². The van der Waals surface area contributed by atoms with Gasteiger partial charge in [-0.25, -0.2) is 4.79 Å². The Morgan fingerprint density at radius 2 is 2.36 bits per heavy atom. The molecule has 1 aliphatic rings. The molecular weight excluding hydrogens is 320 g/mol. The Bertz CT molecular complexity index is 665. The van der Waals surface area contributed by atoms with Crippen LogP contribution in [-0.4, -0.2) is 40.7 Å². The summed E-state index contributed by atoms with van der Waals surface area (Å²) in [5, 5.41) is 10.5. The fourth-order valence-electron chi connectivity index (χ4n) is 3.56. The van der Waals surface area contributed by atoms with Crippen LogP contribution in [0.15, 0.2) is 35.1 Å². The van der Waals surface area contributed by atoms with Gasteiger partial charge in [-0.3, -0.25) is 4.90 Å². The maximum absolute atomic E-state index is 11.6. The van der Waals surface area contributed by atoms with Crippen molar-refractivity contribution in [2.75, 3.05) is 13.7 Å². The first kappa shape index (κ1) is 17.8. The van der Waals surface area contributed by atoms with Crippen molar-refractivity contribution in [1.29, 1.82) is 0 Å². The van der Waals surface area contributed by atoms with Crippen LogP contribution in [0, 0.1) is 0 Å². The molecule has 0 aliphatic carbocycles. The second-order valence-corrected chi connectivity index (χ2v) is 6.65. The Morgan fingerprint density at radius 1 is 1.48 bits per heavy atom. The van der Waals surface area contributed by atoms with Crippen LogP contribution in [0.2, 0.25) is 0 Å². The molecule has 3 heterocycles. The molecule has 1 fully saturated rings. The van der Waals surface area contributed by atoms with Gasteiger partial charge in [0.25, 0.3) is 0 Å². The van der Waals surface area contributed by atoms with Crippen LogP contribution in [0.1, 0.15) is 60.0 Å². The molecule has 1 aliphatic heterocycles. The fourth-order valence-corrected chi connectivity index (χ4v) is 3.56. The SMILES string of the molecule is COC(=O)c1cc(CN2CCCCCC2CC(O)c2ccco2)c[nH]1. The van der Waals surface area contributed by atoms with Gasteiger partial charge < -0.3 is 19.2 Å². The molecule has 0 saturated carbocycles. The molecule has 0 spiro atoms. The summed E-state index contributed by atoms with van der Waals surface area (Å²) in [5.41, 5.74) is 1.53. The molecule has 6 heteroatoms. The number of H-pyrrole nitrogens is 1. The zero-order chi connectivity index (χ0) is 17.6. The number of furan rings is 1. The number of rotatable bonds is 6. The predicted octanol–water partition coefficient (Wildman–Crippen LogP) is 3.26. The number of ether oxygens (including phenoxy) is 1. The van der Waals surface area contributed by atoms with Crippen molar-refractivity contribution in [3.05, 3.63) is 47.7 Å². The van der Waals surface area contributed by atoms with E-state index in [-0.39, 0.29) is 5.97 Å². The molecule has 136 valence electrons. The van der Waals surface area contributed by atoms with Gasteiger partial charge in [-0.05, 0) is 49.6 Å². The first-order valence-corrected chi connectivity index (χ1v) is 8.88. The predicted molar refractivity (Wildman–Crippen MR) is 93.1 cm³/mol. The summed E-state index contributed by atoms with van der Waals surface area (Å²) >= 11 is 0. The van der Waals surface area contributed by atoms with Crippen molar-refractivity contribution >= 4 is 5.97 Å². The number of hydrogen-bond donors (Lipinski definition) is 2. The number of esters is 1. The molecule has 25 heavy (non-hydrogen) atoms. The van der Waals surface area contributed by atoms with Gasteiger partial charge in [-0.2, -0.15) is 0 Å². The lowest BCUT2D eigenvalue weighted by atomic mass is 10.0. The summed E-state index contributed by atoms with van der Waals surface area (Å²) < 4.78 is 10.1. The topological polar surface area (TPSA) is 78.7 Å². The first-order chi connectivity index (χ1) is 12.2. The molecule has 2 N–H and O–H groups in total. The molecule has 2 unspecified atom stereocenters. The number of carbonyl (C=O) groups excluding carboxylic acids is 1. The Hall–Kier alpha value is -2.05. The third kappa shape index (κ3) is 4.52. The van der Waals surface area contributed by atoms with Gasteiger partial charge in [0.05, 0.1) is 13.4 Å². The molecule has 2 aromatic rings. The number of carbonyl (C=O) groups is 1. The minimum Gasteiger partial charge on any atom is -0.467 e. The number of likely N-dealkylation sites (tertiary alicyclic amines) is 1. The van der Waals surface area contributed by atoms with Crippen molar-refractivity contribution in [2.24, 2.45) is 0 Å². The first-order valence-electron chi connectivity index (χ1n) is 8.88. The highest BCUT2D eigenvalue weighted by atomic mass is 16.5. The summed E-state index contributed by atoms with van der Waals surface area (Å²) in [6.07, 6.45) is 8.12. The minimum atomic E-state index is -0.586. The highest BCUT2D eigenvalue weighted by Crippen LogP contribution is 2.28. The summed E-state index contributed by atoms with van der Waals surface area (Å²) in [5.74, 6) is 0.269. The lowest BCUT2D eigenvalue weighted by Gasteiger charge is -2.30. The van der Waals surface area contributed by atoms with Gasteiger partial charge >= 0.3 is 5.97 Å². The summed E-state index contributed by atoms with van der Waals surface area (Å²) in [6.45, 7) is 1.75. The van der Waals surface area contributed by atoms with Gasteiger partial charge in [0.2, 0.25) is 0 Å². The zero-order valence-electron chi connectivity index (χ0n) is 14.6. The average Bonchev–Trinajstić information content (AvgIpc) is 3.26. The molecule has 0 aromatic carbocycles. The Kier molecular flexibility index (Phi) is 5.94. The number of methoxy groups -OCH3 is 1. The summed E-state index contributed by atoms with van der Waals surface area (Å²) in [6, 6.07) is 5.76. The lowest BCUT2D eigenvalue weighted by Crippen LogP contribution is -2.35. The van der Waals surface area contributed by atoms with Crippen LogP contribution in [0.25, 0.3) is 0 Å². The molecule has 1 saturated heterocycles.